The minimum absolute atomic E-state index is 0.0556. The van der Waals surface area contributed by atoms with Gasteiger partial charge in [-0.05, 0) is 0 Å². The van der Waals surface area contributed by atoms with Gasteiger partial charge in [0, 0.05) is 18.9 Å². The van der Waals surface area contributed by atoms with Crippen LogP contribution in [0, 0.1) is 11.3 Å². The van der Waals surface area contributed by atoms with Crippen LogP contribution >= 0.6 is 0 Å². The van der Waals surface area contributed by atoms with Gasteiger partial charge in [0.25, 0.3) is 0 Å². The highest BCUT2D eigenvalue weighted by Crippen LogP contribution is 1.82. The molecule has 0 fully saturated rings. The summed E-state index contributed by atoms with van der Waals surface area (Å²) in [5.41, 5.74) is 0. The molecule has 1 aliphatic heterocycles. The summed E-state index contributed by atoms with van der Waals surface area (Å²) in [6, 6.07) is 2.02. The average Bonchev–Trinajstić information content (AvgIpc) is 1.90. The van der Waals surface area contributed by atoms with Gasteiger partial charge in [-0.15, -0.1) is 0 Å². The summed E-state index contributed by atoms with van der Waals surface area (Å²) in [5, 5.41) is 14.1. The lowest BCUT2D eigenvalue weighted by molar-refractivity contribution is 0.633. The van der Waals surface area contributed by atoms with Crippen molar-refractivity contribution in [2.45, 2.75) is 6.04 Å². The van der Waals surface area contributed by atoms with Crippen molar-refractivity contribution >= 4 is 0 Å². The summed E-state index contributed by atoms with van der Waals surface area (Å²) in [4.78, 5) is 0. The number of hydrogen-bond acceptors (Lipinski definition) is 3. The fourth-order valence-electron chi connectivity index (χ4n) is 0.551. The summed E-state index contributed by atoms with van der Waals surface area (Å²) in [7, 11) is 0. The number of nitrogens with zero attached hydrogens (tertiary/aromatic N) is 1. The molecule has 0 aromatic heterocycles. The summed E-state index contributed by atoms with van der Waals surface area (Å²) in [5.74, 6) is 0. The first kappa shape index (κ1) is 4.98. The first-order valence-electron chi connectivity index (χ1n) is 2.47. The molecule has 0 saturated heterocycles. The fourth-order valence-corrected chi connectivity index (χ4v) is 0.551. The van der Waals surface area contributed by atoms with Gasteiger partial charge in [0.05, 0.1) is 6.07 Å². The molecule has 1 atom stereocenters. The normalized spacial score (nSPS) is 25.1. The molecule has 0 amide bonds. The molecular weight excluding hydrogens is 102 g/mol. The zero-order valence-electron chi connectivity index (χ0n) is 4.39. The van der Waals surface area contributed by atoms with Crippen LogP contribution in [0.2, 0.25) is 0 Å². The van der Waals surface area contributed by atoms with E-state index in [0.717, 1.165) is 0 Å². The van der Waals surface area contributed by atoms with E-state index in [9.17, 15) is 0 Å². The number of rotatable bonds is 0. The fraction of sp³-hybridized carbons (Fsp3) is 0.400. The third kappa shape index (κ3) is 0.909. The molecule has 1 rings (SSSR count). The predicted octanol–water partition coefficient (Wildman–Crippen LogP) is -0.457. The van der Waals surface area contributed by atoms with Gasteiger partial charge < -0.3 is 10.6 Å². The van der Waals surface area contributed by atoms with Crippen LogP contribution in [0.3, 0.4) is 0 Å². The highest BCUT2D eigenvalue weighted by molar-refractivity contribution is 5.00. The van der Waals surface area contributed by atoms with Crippen molar-refractivity contribution in [2.75, 3.05) is 6.54 Å². The molecule has 0 saturated carbocycles. The zero-order chi connectivity index (χ0) is 5.82. The lowest BCUT2D eigenvalue weighted by Gasteiger charge is -2.13. The Labute approximate surface area is 48.0 Å². The number of hydrogen-bond donors (Lipinski definition) is 2. The maximum Gasteiger partial charge on any atom is 0.131 e. The van der Waals surface area contributed by atoms with Gasteiger partial charge >= 0.3 is 0 Å². The Morgan fingerprint density at radius 2 is 2.50 bits per heavy atom. The molecule has 0 aromatic carbocycles. The smallest absolute Gasteiger partial charge is 0.131 e. The molecule has 2 N–H and O–H groups in total. The molecule has 42 valence electrons. The van der Waals surface area contributed by atoms with Crippen molar-refractivity contribution < 1.29 is 0 Å². The summed E-state index contributed by atoms with van der Waals surface area (Å²) in [6.07, 6.45) is 3.52. The monoisotopic (exact) mass is 109 g/mol. The van der Waals surface area contributed by atoms with Gasteiger partial charge in [0.15, 0.2) is 0 Å². The minimum atomic E-state index is -0.0556. The molecule has 0 radical (unpaired) electrons. The van der Waals surface area contributed by atoms with Crippen LogP contribution in [0.1, 0.15) is 0 Å². The van der Waals surface area contributed by atoms with E-state index < -0.39 is 0 Å². The van der Waals surface area contributed by atoms with Crippen LogP contribution in [-0.2, 0) is 0 Å². The molecule has 0 bridgehead atoms. The lowest BCUT2D eigenvalue weighted by Crippen LogP contribution is -2.36. The third-order valence-corrected chi connectivity index (χ3v) is 0.976. The quantitative estimate of drug-likeness (QED) is 0.442. The average molecular weight is 109 g/mol. The van der Waals surface area contributed by atoms with Crippen molar-refractivity contribution in [3.05, 3.63) is 12.4 Å². The Morgan fingerprint density at radius 1 is 1.62 bits per heavy atom. The van der Waals surface area contributed by atoms with E-state index in [1.54, 1.807) is 12.4 Å². The van der Waals surface area contributed by atoms with Crippen LogP contribution < -0.4 is 10.6 Å². The highest BCUT2D eigenvalue weighted by atomic mass is 15.0. The summed E-state index contributed by atoms with van der Waals surface area (Å²) >= 11 is 0. The highest BCUT2D eigenvalue weighted by Gasteiger charge is 2.03. The molecule has 1 aliphatic rings. The van der Waals surface area contributed by atoms with E-state index in [-0.39, 0.29) is 6.04 Å². The lowest BCUT2D eigenvalue weighted by atomic mass is 10.3. The molecule has 3 nitrogen and oxygen atoms in total. The Hall–Kier alpha value is -1.17. The molecule has 0 aromatic rings. The van der Waals surface area contributed by atoms with E-state index in [1.165, 1.54) is 0 Å². The van der Waals surface area contributed by atoms with Gasteiger partial charge in [-0.2, -0.15) is 5.26 Å². The predicted molar refractivity (Wildman–Crippen MR) is 29.7 cm³/mol. The first-order chi connectivity index (χ1) is 3.93. The van der Waals surface area contributed by atoms with E-state index >= 15 is 0 Å². The van der Waals surface area contributed by atoms with E-state index in [1.807, 2.05) is 0 Å². The summed E-state index contributed by atoms with van der Waals surface area (Å²) in [6.45, 7) is 0.701. The SMILES string of the molecule is N#CC1CNC=CN1. The van der Waals surface area contributed by atoms with Gasteiger partial charge in [-0.1, -0.05) is 0 Å². The second-order valence-corrected chi connectivity index (χ2v) is 1.59. The Bertz CT molecular complexity index is 133. The molecule has 1 heterocycles. The van der Waals surface area contributed by atoms with E-state index in [2.05, 4.69) is 16.7 Å². The number of nitrogens with one attached hydrogen (secondary N) is 2. The second kappa shape index (κ2) is 2.22. The molecule has 8 heavy (non-hydrogen) atoms. The van der Waals surface area contributed by atoms with Crippen LogP contribution in [0.15, 0.2) is 12.4 Å². The van der Waals surface area contributed by atoms with E-state index in [4.69, 9.17) is 5.26 Å². The molecule has 0 spiro atoms. The molecule has 3 heteroatoms. The standard InChI is InChI=1S/C5H7N3/c6-3-5-4-7-1-2-8-5/h1-2,5,7-8H,4H2. The Balaban J connectivity index is 2.41. The van der Waals surface area contributed by atoms with Crippen LogP contribution in [0.5, 0.6) is 0 Å². The second-order valence-electron chi connectivity index (χ2n) is 1.59. The Kier molecular flexibility index (Phi) is 1.38. The van der Waals surface area contributed by atoms with Crippen LogP contribution in [0.25, 0.3) is 0 Å². The van der Waals surface area contributed by atoms with Gasteiger partial charge in [-0.3, -0.25) is 0 Å². The van der Waals surface area contributed by atoms with Gasteiger partial charge in [0.2, 0.25) is 0 Å². The van der Waals surface area contributed by atoms with Gasteiger partial charge in [0.1, 0.15) is 6.04 Å². The molecule has 1 unspecified atom stereocenters. The van der Waals surface area contributed by atoms with Crippen LogP contribution in [0.4, 0.5) is 0 Å². The first-order valence-corrected chi connectivity index (χ1v) is 2.47. The maximum absolute atomic E-state index is 8.30. The van der Waals surface area contributed by atoms with Crippen LogP contribution in [-0.4, -0.2) is 12.6 Å². The zero-order valence-corrected chi connectivity index (χ0v) is 4.39. The van der Waals surface area contributed by atoms with Gasteiger partial charge in [-0.25, -0.2) is 0 Å². The molecule has 0 aliphatic carbocycles. The van der Waals surface area contributed by atoms with Crippen molar-refractivity contribution in [2.24, 2.45) is 0 Å². The largest absolute Gasteiger partial charge is 0.387 e. The Morgan fingerprint density at radius 3 is 2.88 bits per heavy atom. The van der Waals surface area contributed by atoms with Crippen molar-refractivity contribution in [3.8, 4) is 6.07 Å². The van der Waals surface area contributed by atoms with Crippen molar-refractivity contribution in [1.29, 1.82) is 5.26 Å². The van der Waals surface area contributed by atoms with Crippen molar-refractivity contribution in [3.63, 3.8) is 0 Å². The molecular formula is C5H7N3. The summed E-state index contributed by atoms with van der Waals surface area (Å²) < 4.78 is 0. The van der Waals surface area contributed by atoms with E-state index in [0.29, 0.717) is 6.54 Å². The maximum atomic E-state index is 8.30. The third-order valence-electron chi connectivity index (χ3n) is 0.976. The minimum Gasteiger partial charge on any atom is -0.387 e. The van der Waals surface area contributed by atoms with Crippen molar-refractivity contribution in [1.82, 2.24) is 10.6 Å². The topological polar surface area (TPSA) is 47.9 Å². The number of nitriles is 1.